The van der Waals surface area contributed by atoms with Crippen LogP contribution < -0.4 is 0 Å². The molecule has 0 N–H and O–H groups in total. The molecule has 0 amide bonds. The van der Waals surface area contributed by atoms with Gasteiger partial charge in [0.25, 0.3) is 0 Å². The first kappa shape index (κ1) is 21.0. The van der Waals surface area contributed by atoms with Gasteiger partial charge in [0.1, 0.15) is 0 Å². The topological polar surface area (TPSA) is 0 Å². The second kappa shape index (κ2) is 8.39. The van der Waals surface area contributed by atoms with Crippen molar-refractivity contribution in [1.82, 2.24) is 0 Å². The van der Waals surface area contributed by atoms with Crippen molar-refractivity contribution in [2.45, 2.75) is 107 Å². The standard InChI is InChI=1S/C23H46/c1-10-23(11-2,20(6)16-22(7,8)9)15-19(5)21-13-17(3)12-18(4)14-21/h17-21H,10-16H2,1-9H3. The highest BCUT2D eigenvalue weighted by atomic mass is 14.4. The van der Waals surface area contributed by atoms with E-state index in [1.165, 1.54) is 44.9 Å². The fourth-order valence-corrected chi connectivity index (χ4v) is 5.85. The zero-order chi connectivity index (χ0) is 17.8. The summed E-state index contributed by atoms with van der Waals surface area (Å²) < 4.78 is 0. The largest absolute Gasteiger partial charge is 0.0648 e. The lowest BCUT2D eigenvalue weighted by Gasteiger charge is -2.45. The molecule has 138 valence electrons. The van der Waals surface area contributed by atoms with Crippen molar-refractivity contribution in [1.29, 1.82) is 0 Å². The van der Waals surface area contributed by atoms with E-state index in [0.717, 1.165) is 29.6 Å². The molecule has 0 saturated heterocycles. The van der Waals surface area contributed by atoms with Crippen molar-refractivity contribution in [3.05, 3.63) is 0 Å². The van der Waals surface area contributed by atoms with Crippen LogP contribution in [0.5, 0.6) is 0 Å². The Hall–Kier alpha value is 0. The Kier molecular flexibility index (Phi) is 7.68. The van der Waals surface area contributed by atoms with Crippen LogP contribution in [0.1, 0.15) is 107 Å². The summed E-state index contributed by atoms with van der Waals surface area (Å²) in [6.45, 7) is 22.2. The Balaban J connectivity index is 2.81. The van der Waals surface area contributed by atoms with E-state index in [-0.39, 0.29) is 0 Å². The van der Waals surface area contributed by atoms with E-state index in [4.69, 9.17) is 0 Å². The highest BCUT2D eigenvalue weighted by Gasteiger charge is 2.38. The Bertz CT molecular complexity index is 320. The Morgan fingerprint density at radius 2 is 1.30 bits per heavy atom. The third-order valence-electron chi connectivity index (χ3n) is 7.12. The van der Waals surface area contributed by atoms with Crippen LogP contribution in [0, 0.1) is 40.4 Å². The molecule has 0 aliphatic heterocycles. The van der Waals surface area contributed by atoms with Crippen molar-refractivity contribution < 1.29 is 0 Å². The van der Waals surface area contributed by atoms with E-state index in [2.05, 4.69) is 62.3 Å². The molecule has 0 aromatic heterocycles. The minimum absolute atomic E-state index is 0.451. The molecule has 1 saturated carbocycles. The fourth-order valence-electron chi connectivity index (χ4n) is 5.85. The molecule has 1 aliphatic rings. The van der Waals surface area contributed by atoms with Crippen molar-refractivity contribution in [2.24, 2.45) is 40.4 Å². The molecule has 0 heterocycles. The van der Waals surface area contributed by atoms with Gasteiger partial charge in [-0.15, -0.1) is 0 Å². The first-order valence-corrected chi connectivity index (χ1v) is 10.5. The second-order valence-electron chi connectivity index (χ2n) is 10.6. The fraction of sp³-hybridized carbons (Fsp3) is 1.00. The quantitative estimate of drug-likeness (QED) is 0.446. The predicted molar refractivity (Wildman–Crippen MR) is 106 cm³/mol. The molecule has 0 radical (unpaired) electrons. The summed E-state index contributed by atoms with van der Waals surface area (Å²) >= 11 is 0. The minimum Gasteiger partial charge on any atom is -0.0648 e. The number of rotatable bonds is 7. The zero-order valence-corrected chi connectivity index (χ0v) is 17.8. The average Bonchev–Trinajstić information content (AvgIpc) is 2.41. The van der Waals surface area contributed by atoms with Gasteiger partial charge in [-0.1, -0.05) is 75.2 Å². The lowest BCUT2D eigenvalue weighted by Crippen LogP contribution is -2.35. The molecule has 0 nitrogen and oxygen atoms in total. The Morgan fingerprint density at radius 1 is 0.826 bits per heavy atom. The number of hydrogen-bond acceptors (Lipinski definition) is 0. The molecule has 0 aromatic rings. The maximum absolute atomic E-state index is 2.57. The van der Waals surface area contributed by atoms with Crippen LogP contribution in [0.3, 0.4) is 0 Å². The van der Waals surface area contributed by atoms with Crippen molar-refractivity contribution >= 4 is 0 Å². The third kappa shape index (κ3) is 6.09. The molecule has 4 unspecified atom stereocenters. The summed E-state index contributed by atoms with van der Waals surface area (Å²) in [5, 5.41) is 0. The van der Waals surface area contributed by atoms with Gasteiger partial charge in [-0.3, -0.25) is 0 Å². The van der Waals surface area contributed by atoms with Crippen LogP contribution in [-0.2, 0) is 0 Å². The highest BCUT2D eigenvalue weighted by molar-refractivity contribution is 4.89. The maximum Gasteiger partial charge on any atom is -0.0274 e. The summed E-state index contributed by atoms with van der Waals surface area (Å²) in [7, 11) is 0. The average molecular weight is 323 g/mol. The lowest BCUT2D eigenvalue weighted by atomic mass is 9.60. The molecule has 0 heteroatoms. The summed E-state index contributed by atoms with van der Waals surface area (Å²) in [6, 6.07) is 0. The first-order valence-electron chi connectivity index (χ1n) is 10.5. The highest BCUT2D eigenvalue weighted by Crippen LogP contribution is 2.49. The van der Waals surface area contributed by atoms with Gasteiger partial charge in [-0.05, 0) is 72.5 Å². The lowest BCUT2D eigenvalue weighted by molar-refractivity contribution is 0.0538. The van der Waals surface area contributed by atoms with E-state index < -0.39 is 0 Å². The number of hydrogen-bond donors (Lipinski definition) is 0. The molecular formula is C23H46. The molecule has 4 atom stereocenters. The van der Waals surface area contributed by atoms with Crippen LogP contribution >= 0.6 is 0 Å². The normalized spacial score (nSPS) is 29.3. The third-order valence-corrected chi connectivity index (χ3v) is 7.12. The van der Waals surface area contributed by atoms with Crippen molar-refractivity contribution in [2.75, 3.05) is 0 Å². The van der Waals surface area contributed by atoms with Crippen LogP contribution in [0.25, 0.3) is 0 Å². The molecule has 1 aliphatic carbocycles. The van der Waals surface area contributed by atoms with E-state index in [1.54, 1.807) is 0 Å². The van der Waals surface area contributed by atoms with Crippen molar-refractivity contribution in [3.8, 4) is 0 Å². The van der Waals surface area contributed by atoms with E-state index in [1.807, 2.05) is 0 Å². The summed E-state index contributed by atoms with van der Waals surface area (Å²) in [6.07, 6.45) is 9.91. The molecule has 0 bridgehead atoms. The van der Waals surface area contributed by atoms with Crippen LogP contribution in [0.15, 0.2) is 0 Å². The van der Waals surface area contributed by atoms with Gasteiger partial charge in [0.05, 0.1) is 0 Å². The van der Waals surface area contributed by atoms with Gasteiger partial charge < -0.3 is 0 Å². The van der Waals surface area contributed by atoms with Crippen molar-refractivity contribution in [3.63, 3.8) is 0 Å². The molecule has 0 spiro atoms. The first-order chi connectivity index (χ1) is 10.5. The minimum atomic E-state index is 0.451. The SMILES string of the molecule is CCC(CC)(CC(C)C1CC(C)CC(C)C1)C(C)CC(C)(C)C. The Morgan fingerprint density at radius 3 is 1.70 bits per heavy atom. The second-order valence-corrected chi connectivity index (χ2v) is 10.6. The van der Waals surface area contributed by atoms with Gasteiger partial charge in [0.15, 0.2) is 0 Å². The summed E-state index contributed by atoms with van der Waals surface area (Å²) in [5.41, 5.74) is 1.00. The molecule has 0 aromatic carbocycles. The van der Waals surface area contributed by atoms with Crippen LogP contribution in [-0.4, -0.2) is 0 Å². The van der Waals surface area contributed by atoms with Crippen LogP contribution in [0.2, 0.25) is 0 Å². The summed E-state index contributed by atoms with van der Waals surface area (Å²) in [5.74, 6) is 4.57. The van der Waals surface area contributed by atoms with Gasteiger partial charge >= 0.3 is 0 Å². The van der Waals surface area contributed by atoms with Gasteiger partial charge in [-0.25, -0.2) is 0 Å². The Labute approximate surface area is 148 Å². The van der Waals surface area contributed by atoms with E-state index in [9.17, 15) is 0 Å². The predicted octanol–water partition coefficient (Wildman–Crippen LogP) is 7.96. The molecule has 23 heavy (non-hydrogen) atoms. The summed E-state index contributed by atoms with van der Waals surface area (Å²) in [4.78, 5) is 0. The molecular weight excluding hydrogens is 276 g/mol. The van der Waals surface area contributed by atoms with Crippen LogP contribution in [0.4, 0.5) is 0 Å². The van der Waals surface area contributed by atoms with Gasteiger partial charge in [0.2, 0.25) is 0 Å². The van der Waals surface area contributed by atoms with Gasteiger partial charge in [-0.2, -0.15) is 0 Å². The maximum atomic E-state index is 2.57. The zero-order valence-electron chi connectivity index (χ0n) is 17.8. The van der Waals surface area contributed by atoms with E-state index in [0.29, 0.717) is 10.8 Å². The van der Waals surface area contributed by atoms with Gasteiger partial charge in [0, 0.05) is 0 Å². The molecule has 1 fully saturated rings. The smallest absolute Gasteiger partial charge is 0.0274 e. The monoisotopic (exact) mass is 322 g/mol. The molecule has 1 rings (SSSR count). The van der Waals surface area contributed by atoms with E-state index >= 15 is 0 Å².